The summed E-state index contributed by atoms with van der Waals surface area (Å²) in [5.74, 6) is 0.0982. The highest BCUT2D eigenvalue weighted by atomic mass is 16.1. The lowest BCUT2D eigenvalue weighted by atomic mass is 10.0. The first kappa shape index (κ1) is 11.5. The van der Waals surface area contributed by atoms with Gasteiger partial charge in [-0.1, -0.05) is 6.07 Å². The maximum atomic E-state index is 12.2. The minimum atomic E-state index is 0.0982. The van der Waals surface area contributed by atoms with Crippen molar-refractivity contribution in [2.75, 3.05) is 0 Å². The fraction of sp³-hybridized carbons (Fsp3) is 0.308. The summed E-state index contributed by atoms with van der Waals surface area (Å²) < 4.78 is 1.74. The van der Waals surface area contributed by atoms with E-state index in [2.05, 4.69) is 10.1 Å². The van der Waals surface area contributed by atoms with E-state index in [-0.39, 0.29) is 5.78 Å². The lowest BCUT2D eigenvalue weighted by Gasteiger charge is -2.01. The third-order valence-electron chi connectivity index (χ3n) is 2.88. The van der Waals surface area contributed by atoms with Crippen LogP contribution in [0.2, 0.25) is 0 Å². The zero-order chi connectivity index (χ0) is 12.4. The minimum Gasteiger partial charge on any atom is -0.294 e. The van der Waals surface area contributed by atoms with E-state index >= 15 is 0 Å². The van der Waals surface area contributed by atoms with Gasteiger partial charge in [-0.15, -0.1) is 0 Å². The van der Waals surface area contributed by atoms with Gasteiger partial charge in [0.05, 0.1) is 11.3 Å². The second-order valence-electron chi connectivity index (χ2n) is 4.13. The molecular formula is C13H15N3O. The number of rotatable bonds is 3. The molecule has 0 N–H and O–H groups in total. The molecule has 0 unspecified atom stereocenters. The number of pyridine rings is 1. The van der Waals surface area contributed by atoms with Crippen molar-refractivity contribution in [2.24, 2.45) is 7.05 Å². The Morgan fingerprint density at radius 3 is 2.71 bits per heavy atom. The van der Waals surface area contributed by atoms with Crippen LogP contribution in [-0.2, 0) is 13.5 Å². The van der Waals surface area contributed by atoms with E-state index < -0.39 is 0 Å². The maximum absolute atomic E-state index is 12.2. The number of hydrogen-bond acceptors (Lipinski definition) is 3. The van der Waals surface area contributed by atoms with Crippen LogP contribution in [0.4, 0.5) is 0 Å². The number of hydrogen-bond donors (Lipinski definition) is 0. The molecule has 0 saturated carbocycles. The number of nitrogens with zero attached hydrogens (tertiary/aromatic N) is 3. The quantitative estimate of drug-likeness (QED) is 0.755. The fourth-order valence-corrected chi connectivity index (χ4v) is 1.95. The molecule has 4 heteroatoms. The first-order valence-corrected chi connectivity index (χ1v) is 5.52. The molecule has 2 aromatic heterocycles. The molecular weight excluding hydrogens is 214 g/mol. The summed E-state index contributed by atoms with van der Waals surface area (Å²) in [5.41, 5.74) is 3.37. The average Bonchev–Trinajstić information content (AvgIpc) is 2.54. The van der Waals surface area contributed by atoms with Gasteiger partial charge in [0, 0.05) is 31.6 Å². The first-order valence-electron chi connectivity index (χ1n) is 5.52. The Bertz CT molecular complexity index is 543. The van der Waals surface area contributed by atoms with Crippen LogP contribution in [0.1, 0.15) is 27.3 Å². The Hall–Kier alpha value is -1.97. The van der Waals surface area contributed by atoms with Gasteiger partial charge in [-0.05, 0) is 25.5 Å². The number of Topliss-reactive ketones (excluding diaryl/α,β-unsaturated/α-hetero) is 1. The molecule has 0 saturated heterocycles. The van der Waals surface area contributed by atoms with Gasteiger partial charge in [-0.2, -0.15) is 5.10 Å². The molecule has 0 aromatic carbocycles. The SMILES string of the molecule is Cc1nn(C)c(C)c1C(=O)Cc1cccnc1. The molecule has 0 aliphatic rings. The van der Waals surface area contributed by atoms with Gasteiger partial charge in [0.2, 0.25) is 0 Å². The molecule has 0 bridgehead atoms. The largest absolute Gasteiger partial charge is 0.294 e. The van der Waals surface area contributed by atoms with Crippen molar-refractivity contribution in [2.45, 2.75) is 20.3 Å². The molecule has 2 aromatic rings. The first-order chi connectivity index (χ1) is 8.09. The van der Waals surface area contributed by atoms with Crippen LogP contribution >= 0.6 is 0 Å². The van der Waals surface area contributed by atoms with Crippen LogP contribution < -0.4 is 0 Å². The number of carbonyl (C=O) groups excluding carboxylic acids is 1. The number of aromatic nitrogens is 3. The molecule has 17 heavy (non-hydrogen) atoms. The highest BCUT2D eigenvalue weighted by molar-refractivity contribution is 5.99. The molecule has 0 fully saturated rings. The van der Waals surface area contributed by atoms with Gasteiger partial charge in [0.15, 0.2) is 5.78 Å². The van der Waals surface area contributed by atoms with Crippen LogP contribution in [0, 0.1) is 13.8 Å². The molecule has 2 heterocycles. The second kappa shape index (κ2) is 4.49. The van der Waals surface area contributed by atoms with Gasteiger partial charge in [0.25, 0.3) is 0 Å². The van der Waals surface area contributed by atoms with Crippen LogP contribution in [0.25, 0.3) is 0 Å². The highest BCUT2D eigenvalue weighted by Crippen LogP contribution is 2.14. The number of ketones is 1. The van der Waals surface area contributed by atoms with E-state index in [9.17, 15) is 4.79 Å². The summed E-state index contributed by atoms with van der Waals surface area (Å²) in [7, 11) is 1.85. The zero-order valence-electron chi connectivity index (χ0n) is 10.3. The lowest BCUT2D eigenvalue weighted by Crippen LogP contribution is -2.06. The van der Waals surface area contributed by atoms with Crippen LogP contribution in [0.5, 0.6) is 0 Å². The van der Waals surface area contributed by atoms with Crippen molar-refractivity contribution >= 4 is 5.78 Å². The van der Waals surface area contributed by atoms with E-state index in [1.807, 2.05) is 33.0 Å². The molecule has 4 nitrogen and oxygen atoms in total. The van der Waals surface area contributed by atoms with E-state index in [4.69, 9.17) is 0 Å². The molecule has 2 rings (SSSR count). The van der Waals surface area contributed by atoms with Crippen molar-refractivity contribution in [1.29, 1.82) is 0 Å². The van der Waals surface area contributed by atoms with E-state index in [1.54, 1.807) is 17.1 Å². The smallest absolute Gasteiger partial charge is 0.170 e. The summed E-state index contributed by atoms with van der Waals surface area (Å²) in [6.07, 6.45) is 3.80. The highest BCUT2D eigenvalue weighted by Gasteiger charge is 2.17. The van der Waals surface area contributed by atoms with Crippen LogP contribution in [0.15, 0.2) is 24.5 Å². The van der Waals surface area contributed by atoms with Gasteiger partial charge in [0.1, 0.15) is 0 Å². The van der Waals surface area contributed by atoms with E-state index in [1.165, 1.54) is 0 Å². The topological polar surface area (TPSA) is 47.8 Å². The monoisotopic (exact) mass is 229 g/mol. The summed E-state index contributed by atoms with van der Waals surface area (Å²) in [6.45, 7) is 3.78. The van der Waals surface area contributed by atoms with Crippen molar-refractivity contribution in [3.05, 3.63) is 47.0 Å². The Labute approximate surface area is 100 Å². The predicted octanol–water partition coefficient (Wildman–Crippen LogP) is 1.86. The van der Waals surface area contributed by atoms with Gasteiger partial charge in [-0.25, -0.2) is 0 Å². The number of carbonyl (C=O) groups is 1. The minimum absolute atomic E-state index is 0.0982. The fourth-order valence-electron chi connectivity index (χ4n) is 1.95. The molecule has 0 aliphatic heterocycles. The summed E-state index contributed by atoms with van der Waals surface area (Å²) in [5, 5.41) is 4.25. The van der Waals surface area contributed by atoms with Crippen LogP contribution in [0.3, 0.4) is 0 Å². The Balaban J connectivity index is 2.27. The standard InChI is InChI=1S/C13H15N3O/c1-9-13(10(2)16(3)15-9)12(17)7-11-5-4-6-14-8-11/h4-6,8H,7H2,1-3H3. The second-order valence-corrected chi connectivity index (χ2v) is 4.13. The summed E-state index contributed by atoms with van der Waals surface area (Å²) >= 11 is 0. The molecule has 0 amide bonds. The third-order valence-corrected chi connectivity index (χ3v) is 2.88. The summed E-state index contributed by atoms with van der Waals surface area (Å²) in [6, 6.07) is 3.75. The van der Waals surface area contributed by atoms with E-state index in [0.717, 1.165) is 22.5 Å². The molecule has 0 atom stereocenters. The van der Waals surface area contributed by atoms with Crippen LogP contribution in [-0.4, -0.2) is 20.5 Å². The molecule has 0 radical (unpaired) electrons. The average molecular weight is 229 g/mol. The van der Waals surface area contributed by atoms with Gasteiger partial charge in [-0.3, -0.25) is 14.5 Å². The van der Waals surface area contributed by atoms with Crippen molar-refractivity contribution in [1.82, 2.24) is 14.8 Å². The lowest BCUT2D eigenvalue weighted by molar-refractivity contribution is 0.0991. The van der Waals surface area contributed by atoms with Crippen molar-refractivity contribution in [3.8, 4) is 0 Å². The maximum Gasteiger partial charge on any atom is 0.170 e. The zero-order valence-corrected chi connectivity index (χ0v) is 10.3. The molecule has 0 aliphatic carbocycles. The Morgan fingerprint density at radius 2 is 2.18 bits per heavy atom. The Morgan fingerprint density at radius 1 is 1.41 bits per heavy atom. The molecule has 88 valence electrons. The Kier molecular flexibility index (Phi) is 3.04. The van der Waals surface area contributed by atoms with Crippen molar-refractivity contribution in [3.63, 3.8) is 0 Å². The predicted molar refractivity (Wildman–Crippen MR) is 65.0 cm³/mol. The third kappa shape index (κ3) is 2.25. The van der Waals surface area contributed by atoms with E-state index in [0.29, 0.717) is 6.42 Å². The molecule has 0 spiro atoms. The van der Waals surface area contributed by atoms with Gasteiger partial charge < -0.3 is 0 Å². The number of aryl methyl sites for hydroxylation is 2. The van der Waals surface area contributed by atoms with Gasteiger partial charge >= 0.3 is 0 Å². The normalized spacial score (nSPS) is 10.5. The summed E-state index contributed by atoms with van der Waals surface area (Å²) in [4.78, 5) is 16.2. The van der Waals surface area contributed by atoms with Crippen molar-refractivity contribution < 1.29 is 4.79 Å².